The van der Waals surface area contributed by atoms with E-state index in [4.69, 9.17) is 15.2 Å². The lowest BCUT2D eigenvalue weighted by molar-refractivity contribution is 0.0198. The summed E-state index contributed by atoms with van der Waals surface area (Å²) in [4.78, 5) is 0. The van der Waals surface area contributed by atoms with Crippen molar-refractivity contribution in [3.63, 3.8) is 0 Å². The van der Waals surface area contributed by atoms with Crippen LogP contribution in [-0.2, 0) is 9.47 Å². The Morgan fingerprint density at radius 2 is 2.38 bits per heavy atom. The average molecular weight is 187 g/mol. The van der Waals surface area contributed by atoms with Gasteiger partial charge in [-0.05, 0) is 26.7 Å². The summed E-state index contributed by atoms with van der Waals surface area (Å²) in [7, 11) is 1.75. The van der Waals surface area contributed by atoms with Crippen molar-refractivity contribution in [3.8, 4) is 0 Å². The molecule has 0 radical (unpaired) electrons. The lowest BCUT2D eigenvalue weighted by Crippen LogP contribution is -2.39. The van der Waals surface area contributed by atoms with Gasteiger partial charge in [0.25, 0.3) is 0 Å². The van der Waals surface area contributed by atoms with Crippen molar-refractivity contribution < 1.29 is 9.47 Å². The van der Waals surface area contributed by atoms with Gasteiger partial charge in [0.2, 0.25) is 0 Å². The predicted octanol–water partition coefficient (Wildman–Crippen LogP) is 1.17. The van der Waals surface area contributed by atoms with Crippen molar-refractivity contribution >= 4 is 0 Å². The van der Waals surface area contributed by atoms with Crippen molar-refractivity contribution in [2.75, 3.05) is 20.3 Å². The van der Waals surface area contributed by atoms with Gasteiger partial charge in [-0.3, -0.25) is 0 Å². The zero-order chi connectivity index (χ0) is 9.90. The molecule has 0 amide bonds. The Balaban J connectivity index is 2.58. The molecule has 3 nitrogen and oxygen atoms in total. The quantitative estimate of drug-likeness (QED) is 0.718. The van der Waals surface area contributed by atoms with Crippen LogP contribution in [0.5, 0.6) is 0 Å². The Hall–Kier alpha value is -0.120. The molecule has 13 heavy (non-hydrogen) atoms. The molecule has 3 atom stereocenters. The smallest absolute Gasteiger partial charge is 0.0617 e. The second-order valence-corrected chi connectivity index (χ2v) is 4.08. The zero-order valence-electron chi connectivity index (χ0n) is 8.88. The minimum atomic E-state index is 0.148. The van der Waals surface area contributed by atoms with Crippen LogP contribution in [0.15, 0.2) is 0 Å². The molecule has 0 aliphatic carbocycles. The summed E-state index contributed by atoms with van der Waals surface area (Å²) in [6, 6.07) is 0. The molecule has 1 heterocycles. The summed E-state index contributed by atoms with van der Waals surface area (Å²) in [6.45, 7) is 5.74. The van der Waals surface area contributed by atoms with E-state index in [2.05, 4.69) is 13.8 Å². The van der Waals surface area contributed by atoms with Crippen LogP contribution in [-0.4, -0.2) is 32.5 Å². The number of methoxy groups -OCH3 is 1. The molecule has 78 valence electrons. The lowest BCUT2D eigenvalue weighted by atomic mass is 9.77. The molecule has 1 fully saturated rings. The summed E-state index contributed by atoms with van der Waals surface area (Å²) >= 11 is 0. The van der Waals surface area contributed by atoms with Gasteiger partial charge in [-0.2, -0.15) is 0 Å². The topological polar surface area (TPSA) is 44.5 Å². The Kier molecular flexibility index (Phi) is 3.71. The molecule has 3 unspecified atom stereocenters. The van der Waals surface area contributed by atoms with E-state index in [0.717, 1.165) is 19.4 Å². The molecule has 3 heteroatoms. The van der Waals surface area contributed by atoms with E-state index < -0.39 is 0 Å². The van der Waals surface area contributed by atoms with Gasteiger partial charge < -0.3 is 15.2 Å². The summed E-state index contributed by atoms with van der Waals surface area (Å²) < 4.78 is 10.8. The van der Waals surface area contributed by atoms with E-state index in [1.165, 1.54) is 0 Å². The van der Waals surface area contributed by atoms with Gasteiger partial charge in [0.1, 0.15) is 0 Å². The van der Waals surface area contributed by atoms with E-state index in [1.54, 1.807) is 7.11 Å². The first kappa shape index (κ1) is 11.0. The average Bonchev–Trinajstić information content (AvgIpc) is 2.48. The fraction of sp³-hybridized carbons (Fsp3) is 1.00. The highest BCUT2D eigenvalue weighted by Crippen LogP contribution is 2.38. The molecule has 0 saturated carbocycles. The molecule has 1 rings (SSSR count). The normalized spacial score (nSPS) is 36.5. The molecule has 1 saturated heterocycles. The van der Waals surface area contributed by atoms with Gasteiger partial charge >= 0.3 is 0 Å². The number of nitrogens with two attached hydrogens (primary N) is 1. The SMILES string of the molecule is COC(C)CC1(CN)CCOC1C. The second-order valence-electron chi connectivity index (χ2n) is 4.08. The molecular weight excluding hydrogens is 166 g/mol. The van der Waals surface area contributed by atoms with Gasteiger partial charge in [-0.1, -0.05) is 0 Å². The fourth-order valence-electron chi connectivity index (χ4n) is 2.09. The van der Waals surface area contributed by atoms with Gasteiger partial charge in [-0.25, -0.2) is 0 Å². The number of ether oxygens (including phenoxy) is 2. The molecule has 0 aromatic heterocycles. The van der Waals surface area contributed by atoms with Crippen molar-refractivity contribution in [2.45, 2.75) is 38.9 Å². The van der Waals surface area contributed by atoms with Crippen LogP contribution in [0.2, 0.25) is 0 Å². The van der Waals surface area contributed by atoms with Crippen molar-refractivity contribution in [3.05, 3.63) is 0 Å². The van der Waals surface area contributed by atoms with Crippen LogP contribution in [0, 0.1) is 5.41 Å². The Morgan fingerprint density at radius 1 is 1.69 bits per heavy atom. The van der Waals surface area contributed by atoms with Gasteiger partial charge in [0.05, 0.1) is 12.2 Å². The molecule has 0 spiro atoms. The van der Waals surface area contributed by atoms with E-state index in [-0.39, 0.29) is 17.6 Å². The maximum absolute atomic E-state index is 5.83. The van der Waals surface area contributed by atoms with Crippen LogP contribution in [0.25, 0.3) is 0 Å². The molecular formula is C10H21NO2. The first-order valence-electron chi connectivity index (χ1n) is 4.99. The van der Waals surface area contributed by atoms with E-state index in [9.17, 15) is 0 Å². The zero-order valence-corrected chi connectivity index (χ0v) is 8.88. The highest BCUT2D eigenvalue weighted by Gasteiger charge is 2.41. The van der Waals surface area contributed by atoms with Crippen molar-refractivity contribution in [1.82, 2.24) is 0 Å². The standard InChI is InChI=1S/C10H21NO2/c1-8(12-3)6-10(7-11)4-5-13-9(10)2/h8-9H,4-7,11H2,1-3H3. The Bertz CT molecular complexity index is 163. The lowest BCUT2D eigenvalue weighted by Gasteiger charge is -2.32. The molecule has 0 bridgehead atoms. The summed E-state index contributed by atoms with van der Waals surface area (Å²) in [5, 5.41) is 0. The third-order valence-corrected chi connectivity index (χ3v) is 3.33. The van der Waals surface area contributed by atoms with E-state index in [0.29, 0.717) is 6.54 Å². The molecule has 1 aliphatic rings. The van der Waals surface area contributed by atoms with Crippen LogP contribution < -0.4 is 5.73 Å². The fourth-order valence-corrected chi connectivity index (χ4v) is 2.09. The molecule has 1 aliphatic heterocycles. The summed E-state index contributed by atoms with van der Waals surface area (Å²) in [5.74, 6) is 0. The van der Waals surface area contributed by atoms with Crippen LogP contribution >= 0.6 is 0 Å². The first-order valence-corrected chi connectivity index (χ1v) is 4.99. The predicted molar refractivity (Wildman–Crippen MR) is 52.6 cm³/mol. The Labute approximate surface area is 80.6 Å². The maximum atomic E-state index is 5.83. The highest BCUT2D eigenvalue weighted by molar-refractivity contribution is 4.91. The van der Waals surface area contributed by atoms with Crippen LogP contribution in [0.1, 0.15) is 26.7 Å². The van der Waals surface area contributed by atoms with Gasteiger partial charge in [0.15, 0.2) is 0 Å². The second kappa shape index (κ2) is 4.40. The summed E-state index contributed by atoms with van der Waals surface area (Å²) in [5.41, 5.74) is 5.97. The van der Waals surface area contributed by atoms with E-state index in [1.807, 2.05) is 0 Å². The maximum Gasteiger partial charge on any atom is 0.0617 e. The van der Waals surface area contributed by atoms with Crippen molar-refractivity contribution in [2.24, 2.45) is 11.1 Å². The van der Waals surface area contributed by atoms with Crippen molar-refractivity contribution in [1.29, 1.82) is 0 Å². The molecule has 0 aromatic carbocycles. The monoisotopic (exact) mass is 187 g/mol. The minimum absolute atomic E-state index is 0.148. The highest BCUT2D eigenvalue weighted by atomic mass is 16.5. The van der Waals surface area contributed by atoms with E-state index >= 15 is 0 Å². The summed E-state index contributed by atoms with van der Waals surface area (Å²) in [6.07, 6.45) is 2.61. The number of hydrogen-bond donors (Lipinski definition) is 1. The third kappa shape index (κ3) is 2.22. The minimum Gasteiger partial charge on any atom is -0.382 e. The van der Waals surface area contributed by atoms with Crippen LogP contribution in [0.3, 0.4) is 0 Å². The molecule has 0 aromatic rings. The Morgan fingerprint density at radius 3 is 2.77 bits per heavy atom. The largest absolute Gasteiger partial charge is 0.382 e. The van der Waals surface area contributed by atoms with Gasteiger partial charge in [-0.15, -0.1) is 0 Å². The first-order chi connectivity index (χ1) is 6.14. The number of rotatable bonds is 4. The van der Waals surface area contributed by atoms with Gasteiger partial charge in [0, 0.05) is 25.7 Å². The molecule has 2 N–H and O–H groups in total. The third-order valence-electron chi connectivity index (χ3n) is 3.33. The van der Waals surface area contributed by atoms with Crippen LogP contribution in [0.4, 0.5) is 0 Å². The number of hydrogen-bond acceptors (Lipinski definition) is 3.